The third kappa shape index (κ3) is 2.92. The van der Waals surface area contributed by atoms with E-state index in [2.05, 4.69) is 32.1 Å². The lowest BCUT2D eigenvalue weighted by Crippen LogP contribution is -2.03. The number of hydrogen-bond donors (Lipinski definition) is 0. The zero-order valence-electron chi connectivity index (χ0n) is 7.64. The Morgan fingerprint density at radius 3 is 2.91 bits per heavy atom. The van der Waals surface area contributed by atoms with E-state index in [1.165, 1.54) is 25.7 Å². The predicted octanol–water partition coefficient (Wildman–Crippen LogP) is 3.70. The van der Waals surface area contributed by atoms with E-state index in [-0.39, 0.29) is 0 Å². The van der Waals surface area contributed by atoms with Crippen molar-refractivity contribution in [2.45, 2.75) is 39.5 Å². The van der Waals surface area contributed by atoms with E-state index in [1.54, 1.807) is 5.57 Å². The Hall–Kier alpha value is -0.520. The fraction of sp³-hybridized carbons (Fsp3) is 0.636. The highest BCUT2D eigenvalue weighted by molar-refractivity contribution is 5.13. The van der Waals surface area contributed by atoms with E-state index in [0.29, 0.717) is 0 Å². The molecule has 0 nitrogen and oxygen atoms in total. The highest BCUT2D eigenvalue weighted by atomic mass is 14.2. The molecule has 0 spiro atoms. The molecule has 1 aliphatic rings. The molecule has 0 aliphatic heterocycles. The molecule has 0 aromatic rings. The van der Waals surface area contributed by atoms with Gasteiger partial charge in [0.1, 0.15) is 0 Å². The summed E-state index contributed by atoms with van der Waals surface area (Å²) >= 11 is 0. The van der Waals surface area contributed by atoms with Crippen LogP contribution in [0.3, 0.4) is 0 Å². The monoisotopic (exact) mass is 150 g/mol. The topological polar surface area (TPSA) is 0 Å². The summed E-state index contributed by atoms with van der Waals surface area (Å²) in [6.45, 7) is 4.42. The minimum Gasteiger partial charge on any atom is -0.0877 e. The maximum atomic E-state index is 2.35. The predicted molar refractivity (Wildman–Crippen MR) is 50.5 cm³/mol. The summed E-state index contributed by atoms with van der Waals surface area (Å²) in [7, 11) is 0. The Morgan fingerprint density at radius 1 is 1.45 bits per heavy atom. The van der Waals surface area contributed by atoms with Gasteiger partial charge in [0.05, 0.1) is 0 Å². The summed E-state index contributed by atoms with van der Waals surface area (Å²) in [5.41, 5.74) is 1.64. The fourth-order valence-corrected chi connectivity index (χ4v) is 1.71. The molecule has 1 atom stereocenters. The second kappa shape index (κ2) is 4.38. The summed E-state index contributed by atoms with van der Waals surface area (Å²) in [6, 6.07) is 0. The molecule has 0 radical (unpaired) electrons. The van der Waals surface area contributed by atoms with Crippen LogP contribution in [0.4, 0.5) is 0 Å². The Morgan fingerprint density at radius 2 is 2.27 bits per heavy atom. The van der Waals surface area contributed by atoms with Crippen LogP contribution in [-0.4, -0.2) is 0 Å². The van der Waals surface area contributed by atoms with Crippen LogP contribution in [0.5, 0.6) is 0 Å². The van der Waals surface area contributed by atoms with Crippen LogP contribution in [0.2, 0.25) is 0 Å². The normalized spacial score (nSPS) is 30.0. The van der Waals surface area contributed by atoms with Gasteiger partial charge in [-0.2, -0.15) is 0 Å². The first-order valence-electron chi connectivity index (χ1n) is 4.63. The molecular weight excluding hydrogens is 132 g/mol. The van der Waals surface area contributed by atoms with Crippen LogP contribution in [0.15, 0.2) is 23.8 Å². The van der Waals surface area contributed by atoms with Gasteiger partial charge in [0.25, 0.3) is 0 Å². The van der Waals surface area contributed by atoms with Crippen molar-refractivity contribution in [2.75, 3.05) is 0 Å². The maximum absolute atomic E-state index is 2.35. The molecule has 62 valence electrons. The van der Waals surface area contributed by atoms with Crippen molar-refractivity contribution >= 4 is 0 Å². The molecule has 1 rings (SSSR count). The molecule has 0 aromatic heterocycles. The van der Waals surface area contributed by atoms with Gasteiger partial charge in [-0.25, -0.2) is 0 Å². The average Bonchev–Trinajstić information content (AvgIpc) is 2.01. The minimum atomic E-state index is 0.917. The van der Waals surface area contributed by atoms with Crippen molar-refractivity contribution in [1.29, 1.82) is 0 Å². The highest BCUT2D eigenvalue weighted by Crippen LogP contribution is 2.27. The van der Waals surface area contributed by atoms with E-state index in [1.807, 2.05) is 0 Å². The van der Waals surface area contributed by atoms with Gasteiger partial charge in [0, 0.05) is 0 Å². The van der Waals surface area contributed by atoms with Crippen LogP contribution in [-0.2, 0) is 0 Å². The molecule has 0 heterocycles. The number of hydrogen-bond acceptors (Lipinski definition) is 0. The van der Waals surface area contributed by atoms with Crippen molar-refractivity contribution in [3.05, 3.63) is 23.8 Å². The van der Waals surface area contributed by atoms with Crippen LogP contribution in [0.25, 0.3) is 0 Å². The lowest BCUT2D eigenvalue weighted by Gasteiger charge is -2.19. The van der Waals surface area contributed by atoms with Gasteiger partial charge < -0.3 is 0 Å². The molecule has 1 aliphatic carbocycles. The molecule has 0 heteroatoms. The lowest BCUT2D eigenvalue weighted by molar-refractivity contribution is 0.453. The first-order valence-corrected chi connectivity index (χ1v) is 4.63. The standard InChI is InChI=1S/C11H18/c1-3-4-7-11-8-5-6-10(2)9-11/h3-4,7,10H,5-6,8-9H2,1-2H3/b4-3+,11-7-/t10-/m0/s1. The SMILES string of the molecule is C/C=C/C=C1/CCC[C@H](C)C1. The van der Waals surface area contributed by atoms with Gasteiger partial charge in [0.2, 0.25) is 0 Å². The van der Waals surface area contributed by atoms with Crippen LogP contribution in [0, 0.1) is 5.92 Å². The molecule has 0 unspecified atom stereocenters. The summed E-state index contributed by atoms with van der Waals surface area (Å²) in [5.74, 6) is 0.917. The van der Waals surface area contributed by atoms with E-state index in [9.17, 15) is 0 Å². The van der Waals surface area contributed by atoms with Gasteiger partial charge >= 0.3 is 0 Å². The second-order valence-electron chi connectivity index (χ2n) is 3.55. The van der Waals surface area contributed by atoms with E-state index < -0.39 is 0 Å². The minimum absolute atomic E-state index is 0.917. The molecule has 1 saturated carbocycles. The van der Waals surface area contributed by atoms with E-state index in [0.717, 1.165) is 5.92 Å². The number of allylic oxidation sites excluding steroid dienone is 4. The van der Waals surface area contributed by atoms with Crippen LogP contribution < -0.4 is 0 Å². The average molecular weight is 150 g/mol. The first kappa shape index (κ1) is 8.58. The smallest absolute Gasteiger partial charge is 0.0291 e. The molecule has 11 heavy (non-hydrogen) atoms. The van der Waals surface area contributed by atoms with Crippen molar-refractivity contribution in [3.63, 3.8) is 0 Å². The van der Waals surface area contributed by atoms with Gasteiger partial charge in [-0.1, -0.05) is 37.1 Å². The highest BCUT2D eigenvalue weighted by Gasteiger charge is 2.11. The van der Waals surface area contributed by atoms with Gasteiger partial charge in [-0.05, 0) is 32.1 Å². The summed E-state index contributed by atoms with van der Waals surface area (Å²) in [4.78, 5) is 0. The molecule has 0 N–H and O–H groups in total. The summed E-state index contributed by atoms with van der Waals surface area (Å²) in [6.07, 6.45) is 12.0. The van der Waals surface area contributed by atoms with Crippen molar-refractivity contribution < 1.29 is 0 Å². The maximum Gasteiger partial charge on any atom is -0.0291 e. The van der Waals surface area contributed by atoms with Crippen molar-refractivity contribution in [2.24, 2.45) is 5.92 Å². The van der Waals surface area contributed by atoms with Gasteiger partial charge in [-0.15, -0.1) is 0 Å². The zero-order chi connectivity index (χ0) is 8.10. The summed E-state index contributed by atoms with van der Waals surface area (Å²) in [5, 5.41) is 0. The Labute approximate surface area is 70.0 Å². The fourth-order valence-electron chi connectivity index (χ4n) is 1.71. The largest absolute Gasteiger partial charge is 0.0877 e. The zero-order valence-corrected chi connectivity index (χ0v) is 7.64. The van der Waals surface area contributed by atoms with Crippen molar-refractivity contribution in [1.82, 2.24) is 0 Å². The quantitative estimate of drug-likeness (QED) is 0.534. The lowest BCUT2D eigenvalue weighted by atomic mass is 9.87. The Kier molecular flexibility index (Phi) is 3.41. The number of rotatable bonds is 1. The van der Waals surface area contributed by atoms with Crippen LogP contribution >= 0.6 is 0 Å². The van der Waals surface area contributed by atoms with Crippen molar-refractivity contribution in [3.8, 4) is 0 Å². The Bertz CT molecular complexity index is 163. The molecular formula is C11H18. The van der Waals surface area contributed by atoms with E-state index >= 15 is 0 Å². The van der Waals surface area contributed by atoms with E-state index in [4.69, 9.17) is 0 Å². The Balaban J connectivity index is 2.45. The second-order valence-corrected chi connectivity index (χ2v) is 3.55. The molecule has 0 aromatic carbocycles. The molecule has 1 fully saturated rings. The molecule has 0 saturated heterocycles. The first-order chi connectivity index (χ1) is 5.33. The van der Waals surface area contributed by atoms with Crippen LogP contribution in [0.1, 0.15) is 39.5 Å². The molecule has 0 bridgehead atoms. The van der Waals surface area contributed by atoms with Gasteiger partial charge in [-0.3, -0.25) is 0 Å². The molecule has 0 amide bonds. The third-order valence-corrected chi connectivity index (χ3v) is 2.33. The van der Waals surface area contributed by atoms with Gasteiger partial charge in [0.15, 0.2) is 0 Å². The summed E-state index contributed by atoms with van der Waals surface area (Å²) < 4.78 is 0. The third-order valence-electron chi connectivity index (χ3n) is 2.33.